The number of hydrogen-bond donors (Lipinski definition) is 0. The number of rotatable bonds is 37. The smallest absolute Gasteiger partial charge is 0.343 e. The number of benzene rings is 6. The van der Waals surface area contributed by atoms with Crippen molar-refractivity contribution in [2.45, 2.75) is 181 Å². The molecule has 0 amide bonds. The van der Waals surface area contributed by atoms with Crippen LogP contribution < -0.4 is 18.9 Å². The monoisotopic (exact) mass is 999 g/mol. The van der Waals surface area contributed by atoms with Gasteiger partial charge in [-0.05, 0) is 119 Å². The van der Waals surface area contributed by atoms with E-state index in [1.807, 2.05) is 78.9 Å². The van der Waals surface area contributed by atoms with Gasteiger partial charge in [0.1, 0.15) is 23.0 Å². The Balaban J connectivity index is 0.850. The predicted molar refractivity (Wildman–Crippen MR) is 308 cm³/mol. The van der Waals surface area contributed by atoms with Crippen molar-refractivity contribution >= 4 is 11.9 Å². The van der Waals surface area contributed by atoms with Crippen LogP contribution >= 0.6 is 0 Å². The zero-order valence-corrected chi connectivity index (χ0v) is 45.1. The third-order valence-electron chi connectivity index (χ3n) is 14.1. The molecule has 6 rings (SSSR count). The average molecular weight is 999 g/mol. The standard InChI is InChI=1S/C68H86O6/c1-3-5-7-9-11-13-15-17-19-21-23-25-27-52-71-63-46-40-57(41-47-63)55-32-36-60(37-33-55)67(69)73-65-50-44-59(45-51-65)62-30-29-31-66(54-62)74-68(70)61-38-34-56(35-39-61)58-42-48-64(49-43-58)72-53-28-26-24-22-20-18-16-14-12-10-8-6-4-2/h29-51,54H,3-28,52-53H2,1-2H3. The molecule has 0 bridgehead atoms. The van der Waals surface area contributed by atoms with Crippen LogP contribution in [0.3, 0.4) is 0 Å². The first-order valence-corrected chi connectivity index (χ1v) is 28.8. The van der Waals surface area contributed by atoms with Crippen molar-refractivity contribution in [1.29, 1.82) is 0 Å². The average Bonchev–Trinajstić information content (AvgIpc) is 3.44. The maximum absolute atomic E-state index is 13.2. The van der Waals surface area contributed by atoms with E-state index in [0.29, 0.717) is 22.6 Å². The topological polar surface area (TPSA) is 71.1 Å². The Hall–Kier alpha value is -6.14. The second kappa shape index (κ2) is 34.4. The fraction of sp³-hybridized carbons (Fsp3) is 0.441. The van der Waals surface area contributed by atoms with Gasteiger partial charge in [-0.3, -0.25) is 0 Å². The first-order chi connectivity index (χ1) is 36.5. The fourth-order valence-electron chi connectivity index (χ4n) is 9.49. The van der Waals surface area contributed by atoms with Gasteiger partial charge in [-0.15, -0.1) is 0 Å². The molecule has 394 valence electrons. The summed E-state index contributed by atoms with van der Waals surface area (Å²) >= 11 is 0. The Morgan fingerprint density at radius 3 is 0.919 bits per heavy atom. The van der Waals surface area contributed by atoms with Gasteiger partial charge in [0.2, 0.25) is 0 Å². The summed E-state index contributed by atoms with van der Waals surface area (Å²) in [6.45, 7) is 6.04. The van der Waals surface area contributed by atoms with E-state index in [1.165, 1.54) is 154 Å². The second-order valence-corrected chi connectivity index (χ2v) is 20.2. The number of ether oxygens (including phenoxy) is 4. The molecule has 0 unspecified atom stereocenters. The Morgan fingerprint density at radius 1 is 0.284 bits per heavy atom. The summed E-state index contributed by atoms with van der Waals surface area (Å²) < 4.78 is 23.6. The molecule has 0 aliphatic heterocycles. The van der Waals surface area contributed by atoms with Crippen molar-refractivity contribution in [1.82, 2.24) is 0 Å². The van der Waals surface area contributed by atoms with Gasteiger partial charge in [-0.25, -0.2) is 9.59 Å². The van der Waals surface area contributed by atoms with Crippen LogP contribution in [0.5, 0.6) is 23.0 Å². The van der Waals surface area contributed by atoms with Crippen molar-refractivity contribution in [3.63, 3.8) is 0 Å². The van der Waals surface area contributed by atoms with Crippen LogP contribution in [-0.4, -0.2) is 25.2 Å². The van der Waals surface area contributed by atoms with E-state index in [0.717, 1.165) is 70.9 Å². The van der Waals surface area contributed by atoms with Gasteiger partial charge in [0.15, 0.2) is 0 Å². The maximum atomic E-state index is 13.2. The minimum Gasteiger partial charge on any atom is -0.494 e. The lowest BCUT2D eigenvalue weighted by Gasteiger charge is -2.10. The Bertz CT molecular complexity index is 2440. The first kappa shape index (κ1) is 57.1. The van der Waals surface area contributed by atoms with Crippen molar-refractivity contribution < 1.29 is 28.5 Å². The van der Waals surface area contributed by atoms with Gasteiger partial charge in [-0.2, -0.15) is 0 Å². The van der Waals surface area contributed by atoms with Crippen LogP contribution in [-0.2, 0) is 0 Å². The summed E-state index contributed by atoms with van der Waals surface area (Å²) in [5, 5.41) is 0. The minimum absolute atomic E-state index is 0.429. The largest absolute Gasteiger partial charge is 0.494 e. The van der Waals surface area contributed by atoms with E-state index in [4.69, 9.17) is 18.9 Å². The molecule has 0 atom stereocenters. The maximum Gasteiger partial charge on any atom is 0.343 e. The van der Waals surface area contributed by atoms with Gasteiger partial charge in [0.25, 0.3) is 0 Å². The second-order valence-electron chi connectivity index (χ2n) is 20.2. The zero-order valence-electron chi connectivity index (χ0n) is 45.1. The van der Waals surface area contributed by atoms with Crippen LogP contribution in [0.15, 0.2) is 146 Å². The highest BCUT2D eigenvalue weighted by Crippen LogP contribution is 2.29. The molecule has 0 aliphatic carbocycles. The first-order valence-electron chi connectivity index (χ1n) is 28.8. The highest BCUT2D eigenvalue weighted by molar-refractivity contribution is 5.92. The van der Waals surface area contributed by atoms with E-state index < -0.39 is 11.9 Å². The molecule has 0 heterocycles. The molecule has 6 aromatic carbocycles. The van der Waals surface area contributed by atoms with Gasteiger partial charge in [-0.1, -0.05) is 241 Å². The van der Waals surface area contributed by atoms with Crippen molar-refractivity contribution in [3.8, 4) is 56.4 Å². The van der Waals surface area contributed by atoms with Crippen LogP contribution in [0.4, 0.5) is 0 Å². The zero-order chi connectivity index (χ0) is 51.7. The molecule has 6 heteroatoms. The van der Waals surface area contributed by atoms with Crippen LogP contribution in [0.1, 0.15) is 202 Å². The van der Waals surface area contributed by atoms with Crippen molar-refractivity contribution in [2.75, 3.05) is 13.2 Å². The molecule has 74 heavy (non-hydrogen) atoms. The Morgan fingerprint density at radius 2 is 0.568 bits per heavy atom. The Labute approximate surface area is 445 Å². The molecular formula is C68H86O6. The molecular weight excluding hydrogens is 913 g/mol. The number of esters is 2. The third kappa shape index (κ3) is 21.4. The summed E-state index contributed by atoms with van der Waals surface area (Å²) in [6.07, 6.45) is 34.8. The third-order valence-corrected chi connectivity index (χ3v) is 14.1. The molecule has 0 N–H and O–H groups in total. The molecule has 6 aromatic rings. The van der Waals surface area contributed by atoms with E-state index in [1.54, 1.807) is 42.5 Å². The molecule has 0 aromatic heterocycles. The number of hydrogen-bond acceptors (Lipinski definition) is 6. The molecule has 0 aliphatic rings. The van der Waals surface area contributed by atoms with Gasteiger partial charge < -0.3 is 18.9 Å². The minimum atomic E-state index is -0.431. The van der Waals surface area contributed by atoms with Crippen molar-refractivity contribution in [3.05, 3.63) is 157 Å². The summed E-state index contributed by atoms with van der Waals surface area (Å²) in [5.74, 6) is 1.78. The number of unbranched alkanes of at least 4 members (excludes halogenated alkanes) is 24. The van der Waals surface area contributed by atoms with Gasteiger partial charge in [0.05, 0.1) is 24.3 Å². The summed E-state index contributed by atoms with van der Waals surface area (Å²) in [4.78, 5) is 26.3. The van der Waals surface area contributed by atoms with Gasteiger partial charge in [0, 0.05) is 0 Å². The Kier molecular flexibility index (Phi) is 26.5. The lowest BCUT2D eigenvalue weighted by molar-refractivity contribution is 0.0725. The predicted octanol–water partition coefficient (Wildman–Crippen LogP) is 20.1. The van der Waals surface area contributed by atoms with Crippen LogP contribution in [0.2, 0.25) is 0 Å². The number of carbonyl (C=O) groups is 2. The van der Waals surface area contributed by atoms with E-state index in [2.05, 4.69) is 38.1 Å². The lowest BCUT2D eigenvalue weighted by Crippen LogP contribution is -2.08. The summed E-state index contributed by atoms with van der Waals surface area (Å²) in [7, 11) is 0. The highest BCUT2D eigenvalue weighted by atomic mass is 16.5. The molecule has 0 saturated carbocycles. The van der Waals surface area contributed by atoms with Crippen LogP contribution in [0, 0.1) is 0 Å². The normalized spacial score (nSPS) is 11.1. The van der Waals surface area contributed by atoms with Crippen molar-refractivity contribution in [2.24, 2.45) is 0 Å². The summed E-state index contributed by atoms with van der Waals surface area (Å²) in [6, 6.07) is 46.0. The molecule has 0 spiro atoms. The van der Waals surface area contributed by atoms with Crippen LogP contribution in [0.25, 0.3) is 33.4 Å². The lowest BCUT2D eigenvalue weighted by atomic mass is 10.0. The quantitative estimate of drug-likeness (QED) is 0.0220. The van der Waals surface area contributed by atoms with E-state index in [-0.39, 0.29) is 0 Å². The molecule has 0 fully saturated rings. The fourth-order valence-corrected chi connectivity index (χ4v) is 9.49. The molecule has 0 saturated heterocycles. The highest BCUT2D eigenvalue weighted by Gasteiger charge is 2.13. The van der Waals surface area contributed by atoms with E-state index >= 15 is 0 Å². The SMILES string of the molecule is CCCCCCCCCCCCCCCOc1ccc(-c2ccc(C(=O)Oc3ccc(-c4cccc(OC(=O)c5ccc(-c6ccc(OCCCCCCCCCCCCCCC)cc6)cc5)c4)cc3)cc2)cc1. The molecule has 0 radical (unpaired) electrons. The van der Waals surface area contributed by atoms with Gasteiger partial charge >= 0.3 is 11.9 Å². The van der Waals surface area contributed by atoms with E-state index in [9.17, 15) is 9.59 Å². The molecule has 6 nitrogen and oxygen atoms in total. The summed E-state index contributed by atoms with van der Waals surface area (Å²) in [5.41, 5.74) is 6.82. The number of carbonyl (C=O) groups excluding carboxylic acids is 2.